The number of benzene rings is 2. The molecule has 3 rings (SSSR count). The molecule has 0 spiro atoms. The number of nitro benzene ring substituents is 1. The van der Waals surface area contributed by atoms with Crippen LogP contribution >= 0.6 is 11.6 Å². The molecule has 0 atom stereocenters. The van der Waals surface area contributed by atoms with Crippen molar-refractivity contribution in [2.75, 3.05) is 0 Å². The van der Waals surface area contributed by atoms with Gasteiger partial charge in [0.25, 0.3) is 5.69 Å². The summed E-state index contributed by atoms with van der Waals surface area (Å²) in [4.78, 5) is 22.3. The van der Waals surface area contributed by atoms with Crippen molar-refractivity contribution in [3.8, 4) is 0 Å². The maximum absolute atomic E-state index is 11.9. The number of esters is 1. The van der Waals surface area contributed by atoms with Crippen LogP contribution in [0.25, 0.3) is 11.8 Å². The first-order valence-electron chi connectivity index (χ1n) is 6.69. The Balaban J connectivity index is 1.97. The van der Waals surface area contributed by atoms with Gasteiger partial charge in [-0.2, -0.15) is 0 Å². The average molecular weight is 328 g/mol. The van der Waals surface area contributed by atoms with E-state index in [1.165, 1.54) is 18.2 Å². The Morgan fingerprint density at radius 2 is 1.87 bits per heavy atom. The van der Waals surface area contributed by atoms with E-state index in [0.29, 0.717) is 16.9 Å². The van der Waals surface area contributed by atoms with Gasteiger partial charge in [0.05, 0.1) is 10.5 Å². The maximum atomic E-state index is 11.9. The zero-order valence-corrected chi connectivity index (χ0v) is 12.5. The Kier molecular flexibility index (Phi) is 3.95. The van der Waals surface area contributed by atoms with Crippen LogP contribution in [0.2, 0.25) is 5.02 Å². The lowest BCUT2D eigenvalue weighted by atomic mass is 10.1. The van der Waals surface area contributed by atoms with E-state index < -0.39 is 10.9 Å². The highest BCUT2D eigenvalue weighted by molar-refractivity contribution is 6.32. The lowest BCUT2D eigenvalue weighted by molar-refractivity contribution is -0.384. The van der Waals surface area contributed by atoms with E-state index in [1.54, 1.807) is 12.1 Å². The summed E-state index contributed by atoms with van der Waals surface area (Å²) in [6.45, 7) is 0. The largest absolute Gasteiger partial charge is 0.422 e. The van der Waals surface area contributed by atoms with Crippen LogP contribution < -0.4 is 0 Å². The summed E-state index contributed by atoms with van der Waals surface area (Å²) in [5.41, 5.74) is 1.39. The fourth-order valence-electron chi connectivity index (χ4n) is 2.17. The molecule has 0 saturated carbocycles. The summed E-state index contributed by atoms with van der Waals surface area (Å²) in [5.74, 6) is -0.0493. The Labute approximate surface area is 136 Å². The molecule has 2 aromatic rings. The van der Waals surface area contributed by atoms with Crippen molar-refractivity contribution in [2.24, 2.45) is 0 Å². The van der Waals surface area contributed by atoms with Gasteiger partial charge >= 0.3 is 5.97 Å². The SMILES string of the molecule is O=C1OC(c2ccccc2)=CC1=Cc1ccc(Cl)c([N+](=O)[O-])c1. The summed E-state index contributed by atoms with van der Waals surface area (Å²) >= 11 is 5.77. The van der Waals surface area contributed by atoms with Crippen molar-refractivity contribution < 1.29 is 14.5 Å². The van der Waals surface area contributed by atoms with Gasteiger partial charge in [0.15, 0.2) is 0 Å². The zero-order valence-electron chi connectivity index (χ0n) is 11.7. The molecule has 0 unspecified atom stereocenters. The Hall–Kier alpha value is -2.92. The molecule has 0 aromatic heterocycles. The fourth-order valence-corrected chi connectivity index (χ4v) is 2.36. The first kappa shape index (κ1) is 15.0. The minimum atomic E-state index is -0.567. The van der Waals surface area contributed by atoms with Crippen LogP contribution in [-0.2, 0) is 9.53 Å². The monoisotopic (exact) mass is 327 g/mol. The van der Waals surface area contributed by atoms with Crippen molar-refractivity contribution >= 4 is 35.1 Å². The zero-order chi connectivity index (χ0) is 16.4. The molecule has 1 heterocycles. The van der Waals surface area contributed by atoms with Crippen molar-refractivity contribution in [1.29, 1.82) is 0 Å². The molecule has 0 amide bonds. The first-order valence-corrected chi connectivity index (χ1v) is 7.07. The first-order chi connectivity index (χ1) is 11.0. The van der Waals surface area contributed by atoms with Crippen LogP contribution in [0.4, 0.5) is 5.69 Å². The summed E-state index contributed by atoms with van der Waals surface area (Å²) in [7, 11) is 0. The molecule has 0 saturated heterocycles. The summed E-state index contributed by atoms with van der Waals surface area (Å²) in [6.07, 6.45) is 3.14. The highest BCUT2D eigenvalue weighted by atomic mass is 35.5. The number of halogens is 1. The molecule has 0 fully saturated rings. The average Bonchev–Trinajstić information content (AvgIpc) is 2.91. The Morgan fingerprint density at radius 3 is 2.57 bits per heavy atom. The molecule has 5 nitrogen and oxygen atoms in total. The standard InChI is InChI=1S/C17H10ClNO4/c18-14-7-6-11(9-15(14)19(21)22)8-13-10-16(23-17(13)20)12-4-2-1-3-5-12/h1-10H. The molecule has 0 radical (unpaired) electrons. The van der Waals surface area contributed by atoms with Crippen LogP contribution in [0.5, 0.6) is 0 Å². The van der Waals surface area contributed by atoms with Crippen molar-refractivity contribution in [3.63, 3.8) is 0 Å². The van der Waals surface area contributed by atoms with Gasteiger partial charge in [0.2, 0.25) is 0 Å². The molecule has 1 aliphatic heterocycles. The number of nitrogens with zero attached hydrogens (tertiary/aromatic N) is 1. The van der Waals surface area contributed by atoms with Crippen molar-refractivity contribution in [3.05, 3.63) is 86.4 Å². The van der Waals surface area contributed by atoms with E-state index in [1.807, 2.05) is 30.3 Å². The Bertz CT molecular complexity index is 856. The molecule has 2 aromatic carbocycles. The van der Waals surface area contributed by atoms with E-state index in [-0.39, 0.29) is 10.7 Å². The second kappa shape index (κ2) is 6.06. The number of rotatable bonds is 3. The van der Waals surface area contributed by atoms with E-state index in [9.17, 15) is 14.9 Å². The number of ether oxygens (including phenoxy) is 1. The summed E-state index contributed by atoms with van der Waals surface area (Å²) in [6, 6.07) is 13.5. The molecular formula is C17H10ClNO4. The van der Waals surface area contributed by atoms with Crippen molar-refractivity contribution in [2.45, 2.75) is 0 Å². The van der Waals surface area contributed by atoms with Crippen LogP contribution in [0.15, 0.2) is 60.2 Å². The van der Waals surface area contributed by atoms with Gasteiger partial charge in [-0.1, -0.05) is 48.0 Å². The Morgan fingerprint density at radius 1 is 1.13 bits per heavy atom. The molecular weight excluding hydrogens is 318 g/mol. The lowest BCUT2D eigenvalue weighted by Crippen LogP contribution is -1.97. The second-order valence-corrected chi connectivity index (χ2v) is 5.24. The third kappa shape index (κ3) is 3.14. The van der Waals surface area contributed by atoms with Gasteiger partial charge in [0.1, 0.15) is 10.8 Å². The normalized spacial score (nSPS) is 15.4. The predicted octanol–water partition coefficient (Wildman–Crippen LogP) is 4.23. The smallest absolute Gasteiger partial charge is 0.343 e. The van der Waals surface area contributed by atoms with E-state index >= 15 is 0 Å². The third-order valence-corrected chi connectivity index (χ3v) is 3.59. The third-order valence-electron chi connectivity index (χ3n) is 3.27. The maximum Gasteiger partial charge on any atom is 0.343 e. The van der Waals surface area contributed by atoms with Gasteiger partial charge in [-0.15, -0.1) is 0 Å². The number of cyclic esters (lactones) is 1. The van der Waals surface area contributed by atoms with Crippen LogP contribution in [0.3, 0.4) is 0 Å². The predicted molar refractivity (Wildman–Crippen MR) is 86.6 cm³/mol. The van der Waals surface area contributed by atoms with E-state index in [2.05, 4.69) is 0 Å². The number of hydrogen-bond donors (Lipinski definition) is 0. The van der Waals surface area contributed by atoms with Gasteiger partial charge < -0.3 is 4.74 Å². The number of hydrogen-bond acceptors (Lipinski definition) is 4. The minimum absolute atomic E-state index is 0.0478. The molecule has 0 bridgehead atoms. The number of nitro groups is 1. The van der Waals surface area contributed by atoms with Gasteiger partial charge in [-0.25, -0.2) is 4.79 Å². The lowest BCUT2D eigenvalue weighted by Gasteiger charge is -2.00. The van der Waals surface area contributed by atoms with Crippen LogP contribution in [-0.4, -0.2) is 10.9 Å². The molecule has 0 aliphatic carbocycles. The van der Waals surface area contributed by atoms with Crippen LogP contribution in [0.1, 0.15) is 11.1 Å². The summed E-state index contributed by atoms with van der Waals surface area (Å²) in [5, 5.41) is 11.0. The number of carbonyl (C=O) groups is 1. The quantitative estimate of drug-likeness (QED) is 0.366. The molecule has 114 valence electrons. The van der Waals surface area contributed by atoms with Gasteiger partial charge in [-0.3, -0.25) is 10.1 Å². The second-order valence-electron chi connectivity index (χ2n) is 4.83. The van der Waals surface area contributed by atoms with Gasteiger partial charge in [0, 0.05) is 11.6 Å². The van der Waals surface area contributed by atoms with E-state index in [0.717, 1.165) is 5.56 Å². The van der Waals surface area contributed by atoms with Crippen molar-refractivity contribution in [1.82, 2.24) is 0 Å². The molecule has 1 aliphatic rings. The minimum Gasteiger partial charge on any atom is -0.422 e. The number of carbonyl (C=O) groups excluding carboxylic acids is 1. The van der Waals surface area contributed by atoms with E-state index in [4.69, 9.17) is 16.3 Å². The molecule has 0 N–H and O–H groups in total. The fraction of sp³-hybridized carbons (Fsp3) is 0. The van der Waals surface area contributed by atoms with Crippen LogP contribution in [0, 0.1) is 10.1 Å². The van der Waals surface area contributed by atoms with Gasteiger partial charge in [-0.05, 0) is 23.8 Å². The summed E-state index contributed by atoms with van der Waals surface area (Å²) < 4.78 is 5.23. The highest BCUT2D eigenvalue weighted by Gasteiger charge is 2.22. The highest BCUT2D eigenvalue weighted by Crippen LogP contribution is 2.29. The topological polar surface area (TPSA) is 69.4 Å². The molecule has 23 heavy (non-hydrogen) atoms. The molecule has 6 heteroatoms.